The van der Waals surface area contributed by atoms with Gasteiger partial charge in [-0.2, -0.15) is 0 Å². The minimum absolute atomic E-state index is 0.146. The van der Waals surface area contributed by atoms with Gasteiger partial charge in [0.25, 0.3) is 5.56 Å². The normalized spacial score (nSPS) is 12.0. The zero-order chi connectivity index (χ0) is 15.6. The largest absolute Gasteiger partial charge is 0.319 e. The summed E-state index contributed by atoms with van der Waals surface area (Å²) in [4.78, 5) is 11.5. The molecule has 114 valence electrons. The highest BCUT2D eigenvalue weighted by Gasteiger charge is 2.17. The highest BCUT2D eigenvalue weighted by molar-refractivity contribution is 7.89. The molecular formula is C13H17N3O3S2. The van der Waals surface area contributed by atoms with Gasteiger partial charge in [-0.05, 0) is 11.6 Å². The first-order valence-corrected chi connectivity index (χ1v) is 9.09. The van der Waals surface area contributed by atoms with E-state index < -0.39 is 9.84 Å². The van der Waals surface area contributed by atoms with Crippen molar-refractivity contribution in [2.24, 2.45) is 7.05 Å². The van der Waals surface area contributed by atoms with Gasteiger partial charge in [0.2, 0.25) is 0 Å². The molecule has 0 N–H and O–H groups in total. The maximum Gasteiger partial charge on any atom is 0.250 e. The maximum absolute atomic E-state index is 12.2. The third kappa shape index (κ3) is 4.21. The predicted octanol–water partition coefficient (Wildman–Crippen LogP) is 1.48. The summed E-state index contributed by atoms with van der Waals surface area (Å²) in [6, 6.07) is 2.98. The molecule has 2 aromatic heterocycles. The van der Waals surface area contributed by atoms with E-state index in [1.54, 1.807) is 19.3 Å². The Kier molecular flexibility index (Phi) is 4.58. The lowest BCUT2D eigenvalue weighted by atomic mass is 10.2. The molecule has 0 aromatic carbocycles. The van der Waals surface area contributed by atoms with E-state index in [2.05, 4.69) is 10.2 Å². The SMILES string of the molecule is CC(C)c1nnc(CS(=O)(=O)Cc2ccn(C)c(=O)c2)s1. The van der Waals surface area contributed by atoms with Gasteiger partial charge in [-0.25, -0.2) is 8.42 Å². The fourth-order valence-corrected chi connectivity index (χ4v) is 4.37. The van der Waals surface area contributed by atoms with Gasteiger partial charge in [-0.15, -0.1) is 21.5 Å². The van der Waals surface area contributed by atoms with Gasteiger partial charge in [-0.3, -0.25) is 4.79 Å². The average molecular weight is 327 g/mol. The molecule has 0 unspecified atom stereocenters. The van der Waals surface area contributed by atoms with Crippen LogP contribution < -0.4 is 5.56 Å². The van der Waals surface area contributed by atoms with Crippen molar-refractivity contribution in [3.63, 3.8) is 0 Å². The van der Waals surface area contributed by atoms with E-state index in [-0.39, 0.29) is 23.0 Å². The molecule has 2 aromatic rings. The smallest absolute Gasteiger partial charge is 0.250 e. The first-order valence-electron chi connectivity index (χ1n) is 6.45. The average Bonchev–Trinajstić information content (AvgIpc) is 2.81. The first-order chi connectivity index (χ1) is 9.77. The van der Waals surface area contributed by atoms with Gasteiger partial charge in [0.15, 0.2) is 9.84 Å². The molecule has 0 fully saturated rings. The molecule has 6 nitrogen and oxygen atoms in total. The van der Waals surface area contributed by atoms with Gasteiger partial charge < -0.3 is 4.57 Å². The van der Waals surface area contributed by atoms with Crippen molar-refractivity contribution in [1.29, 1.82) is 0 Å². The van der Waals surface area contributed by atoms with Crippen LogP contribution in [-0.2, 0) is 28.4 Å². The van der Waals surface area contributed by atoms with Crippen molar-refractivity contribution in [1.82, 2.24) is 14.8 Å². The minimum Gasteiger partial charge on any atom is -0.319 e. The van der Waals surface area contributed by atoms with Crippen molar-refractivity contribution >= 4 is 21.2 Å². The highest BCUT2D eigenvalue weighted by Crippen LogP contribution is 2.21. The molecule has 0 aliphatic heterocycles. The molecule has 0 saturated heterocycles. The lowest BCUT2D eigenvalue weighted by Crippen LogP contribution is -2.17. The van der Waals surface area contributed by atoms with Gasteiger partial charge in [0, 0.05) is 25.2 Å². The van der Waals surface area contributed by atoms with Crippen molar-refractivity contribution in [3.8, 4) is 0 Å². The van der Waals surface area contributed by atoms with E-state index in [4.69, 9.17) is 0 Å². The standard InChI is InChI=1S/C13H17N3O3S2/c1-9(2)13-15-14-11(20-13)8-21(18,19)7-10-4-5-16(3)12(17)6-10/h4-6,9H,7-8H2,1-3H3. The molecular weight excluding hydrogens is 310 g/mol. The van der Waals surface area contributed by atoms with E-state index in [1.165, 1.54) is 22.0 Å². The number of aryl methyl sites for hydroxylation is 1. The molecule has 8 heteroatoms. The molecule has 0 radical (unpaired) electrons. The number of sulfone groups is 1. The van der Waals surface area contributed by atoms with E-state index in [0.29, 0.717) is 10.6 Å². The second kappa shape index (κ2) is 6.07. The second-order valence-electron chi connectivity index (χ2n) is 5.21. The molecule has 0 bridgehead atoms. The highest BCUT2D eigenvalue weighted by atomic mass is 32.2. The molecule has 0 atom stereocenters. The van der Waals surface area contributed by atoms with Crippen LogP contribution in [0.2, 0.25) is 0 Å². The summed E-state index contributed by atoms with van der Waals surface area (Å²) in [6.07, 6.45) is 1.56. The number of rotatable bonds is 5. The van der Waals surface area contributed by atoms with Crippen LogP contribution in [0.25, 0.3) is 0 Å². The number of nitrogens with zero attached hydrogens (tertiary/aromatic N) is 3. The van der Waals surface area contributed by atoms with Crippen LogP contribution in [0.5, 0.6) is 0 Å². The Morgan fingerprint density at radius 3 is 2.57 bits per heavy atom. The van der Waals surface area contributed by atoms with Gasteiger partial charge in [0.05, 0.1) is 5.75 Å². The lowest BCUT2D eigenvalue weighted by Gasteiger charge is -2.03. The number of hydrogen-bond acceptors (Lipinski definition) is 6. The lowest BCUT2D eigenvalue weighted by molar-refractivity contribution is 0.594. The van der Waals surface area contributed by atoms with Crippen molar-refractivity contribution in [3.05, 3.63) is 44.3 Å². The Morgan fingerprint density at radius 2 is 2.00 bits per heavy atom. The van der Waals surface area contributed by atoms with Crippen molar-refractivity contribution in [2.45, 2.75) is 31.3 Å². The van der Waals surface area contributed by atoms with Gasteiger partial charge >= 0.3 is 0 Å². The van der Waals surface area contributed by atoms with Crippen LogP contribution in [0.3, 0.4) is 0 Å². The predicted molar refractivity (Wildman–Crippen MR) is 82.0 cm³/mol. The monoisotopic (exact) mass is 327 g/mol. The first kappa shape index (κ1) is 15.8. The van der Waals surface area contributed by atoms with Crippen LogP contribution in [0.1, 0.15) is 35.3 Å². The third-order valence-electron chi connectivity index (χ3n) is 2.88. The Bertz CT molecular complexity index is 791. The summed E-state index contributed by atoms with van der Waals surface area (Å²) < 4.78 is 25.7. The van der Waals surface area contributed by atoms with Crippen molar-refractivity contribution in [2.75, 3.05) is 0 Å². The fourth-order valence-electron chi connectivity index (χ4n) is 1.73. The summed E-state index contributed by atoms with van der Waals surface area (Å²) in [6.45, 7) is 3.97. The molecule has 0 saturated carbocycles. The number of hydrogen-bond donors (Lipinski definition) is 0. The van der Waals surface area contributed by atoms with Gasteiger partial charge in [0.1, 0.15) is 15.8 Å². The van der Waals surface area contributed by atoms with Crippen LogP contribution in [-0.4, -0.2) is 23.2 Å². The zero-order valence-electron chi connectivity index (χ0n) is 12.1. The Morgan fingerprint density at radius 1 is 1.29 bits per heavy atom. The van der Waals surface area contributed by atoms with E-state index in [1.807, 2.05) is 13.8 Å². The summed E-state index contributed by atoms with van der Waals surface area (Å²) in [5, 5.41) is 9.22. The molecule has 2 rings (SSSR count). The van der Waals surface area contributed by atoms with Crippen LogP contribution in [0.15, 0.2) is 23.1 Å². The summed E-state index contributed by atoms with van der Waals surface area (Å²) in [7, 11) is -1.75. The summed E-state index contributed by atoms with van der Waals surface area (Å²) in [5.41, 5.74) is 0.271. The second-order valence-corrected chi connectivity index (χ2v) is 8.36. The Labute approximate surface area is 127 Å². The topological polar surface area (TPSA) is 81.9 Å². The molecule has 21 heavy (non-hydrogen) atoms. The van der Waals surface area contributed by atoms with E-state index >= 15 is 0 Å². The summed E-state index contributed by atoms with van der Waals surface area (Å²) >= 11 is 1.32. The third-order valence-corrected chi connectivity index (χ3v) is 5.77. The zero-order valence-corrected chi connectivity index (χ0v) is 13.7. The van der Waals surface area contributed by atoms with Crippen LogP contribution in [0.4, 0.5) is 0 Å². The van der Waals surface area contributed by atoms with E-state index in [0.717, 1.165) is 5.01 Å². The quantitative estimate of drug-likeness (QED) is 0.830. The van der Waals surface area contributed by atoms with Crippen LogP contribution >= 0.6 is 11.3 Å². The molecule has 2 heterocycles. The Hall–Kier alpha value is -1.54. The molecule has 0 aliphatic carbocycles. The minimum atomic E-state index is -3.37. The fraction of sp³-hybridized carbons (Fsp3) is 0.462. The maximum atomic E-state index is 12.2. The number of pyridine rings is 1. The molecule has 0 spiro atoms. The molecule has 0 amide bonds. The van der Waals surface area contributed by atoms with E-state index in [9.17, 15) is 13.2 Å². The van der Waals surface area contributed by atoms with Gasteiger partial charge in [-0.1, -0.05) is 13.8 Å². The number of aromatic nitrogens is 3. The summed E-state index contributed by atoms with van der Waals surface area (Å²) in [5.74, 6) is -0.0807. The van der Waals surface area contributed by atoms with Crippen LogP contribution in [0, 0.1) is 0 Å². The van der Waals surface area contributed by atoms with Crippen molar-refractivity contribution < 1.29 is 8.42 Å². The molecule has 0 aliphatic rings. The Balaban J connectivity index is 2.14.